The summed E-state index contributed by atoms with van der Waals surface area (Å²) in [6.45, 7) is 3.17. The molecular weight excluding hydrogens is 336 g/mol. The maximum Gasteiger partial charge on any atom is 0.195 e. The van der Waals surface area contributed by atoms with Crippen molar-refractivity contribution in [2.45, 2.75) is 32.2 Å². The van der Waals surface area contributed by atoms with E-state index >= 15 is 0 Å². The predicted octanol–water partition coefficient (Wildman–Crippen LogP) is 3.58. The molecule has 140 valence electrons. The number of carbonyl (C=O) groups excluding carboxylic acids is 1. The lowest BCUT2D eigenvalue weighted by atomic mass is 9.88. The number of Topliss-reactive ketones (excluding diaryl/α,β-unsaturated/α-hetero) is 1. The number of nitrogens with two attached hydrogens (primary N) is 2. The molecule has 1 aromatic carbocycles. The molecule has 0 saturated carbocycles. The van der Waals surface area contributed by atoms with Crippen LogP contribution in [-0.4, -0.2) is 29.2 Å². The van der Waals surface area contributed by atoms with Crippen LogP contribution >= 0.6 is 0 Å². The first-order chi connectivity index (χ1) is 13.1. The van der Waals surface area contributed by atoms with E-state index in [1.54, 1.807) is 12.1 Å². The van der Waals surface area contributed by atoms with Gasteiger partial charge in [0.25, 0.3) is 0 Å². The van der Waals surface area contributed by atoms with E-state index in [1.807, 2.05) is 42.6 Å². The largest absolute Gasteiger partial charge is 0.370 e. The third-order valence-corrected chi connectivity index (χ3v) is 4.76. The molecule has 3 rings (SSSR count). The Bertz CT molecular complexity index is 857. The van der Waals surface area contributed by atoms with Gasteiger partial charge in [0, 0.05) is 23.9 Å². The number of unbranched alkanes of at least 4 members (excludes halogenated alkanes) is 2. The molecule has 0 saturated heterocycles. The topological polar surface area (TPSA) is 84.7 Å². The van der Waals surface area contributed by atoms with E-state index in [-0.39, 0.29) is 17.8 Å². The van der Waals surface area contributed by atoms with Crippen LogP contribution in [0.4, 0.5) is 5.69 Å². The van der Waals surface area contributed by atoms with Crippen LogP contribution in [0.5, 0.6) is 0 Å². The highest BCUT2D eigenvalue weighted by Gasteiger charge is 2.27. The number of para-hydroxylation sites is 1. The third kappa shape index (κ3) is 4.19. The van der Waals surface area contributed by atoms with Gasteiger partial charge in [0.05, 0.1) is 11.7 Å². The van der Waals surface area contributed by atoms with Crippen molar-refractivity contribution in [3.8, 4) is 0 Å². The SMILES string of the molecule is CCCCCN1C=CC(C(=O)c2ccccc2N=C(N)N)=C2C=CC=CC21. The van der Waals surface area contributed by atoms with Crippen molar-refractivity contribution in [1.82, 2.24) is 4.90 Å². The third-order valence-electron chi connectivity index (χ3n) is 4.76. The lowest BCUT2D eigenvalue weighted by Gasteiger charge is -2.35. The second-order valence-electron chi connectivity index (χ2n) is 6.70. The number of carbonyl (C=O) groups is 1. The fraction of sp³-hybridized carbons (Fsp3) is 0.273. The minimum atomic E-state index is -0.0694. The molecule has 4 N–H and O–H groups in total. The van der Waals surface area contributed by atoms with E-state index < -0.39 is 0 Å². The molecule has 1 aliphatic carbocycles. The van der Waals surface area contributed by atoms with E-state index in [0.717, 1.165) is 18.5 Å². The van der Waals surface area contributed by atoms with Gasteiger partial charge in [0.1, 0.15) is 0 Å². The average molecular weight is 362 g/mol. The van der Waals surface area contributed by atoms with Gasteiger partial charge in [-0.15, -0.1) is 0 Å². The summed E-state index contributed by atoms with van der Waals surface area (Å²) in [6, 6.07) is 7.23. The zero-order valence-corrected chi connectivity index (χ0v) is 15.6. The Kier molecular flexibility index (Phi) is 5.91. The summed E-state index contributed by atoms with van der Waals surface area (Å²) >= 11 is 0. The van der Waals surface area contributed by atoms with Gasteiger partial charge in [0.2, 0.25) is 0 Å². The highest BCUT2D eigenvalue weighted by molar-refractivity contribution is 6.14. The molecule has 0 aromatic heterocycles. The monoisotopic (exact) mass is 362 g/mol. The van der Waals surface area contributed by atoms with E-state index in [4.69, 9.17) is 11.5 Å². The first-order valence-corrected chi connectivity index (χ1v) is 9.38. The van der Waals surface area contributed by atoms with Crippen molar-refractivity contribution in [2.24, 2.45) is 16.5 Å². The highest BCUT2D eigenvalue weighted by atomic mass is 16.1. The van der Waals surface area contributed by atoms with Gasteiger partial charge in [-0.1, -0.05) is 56.2 Å². The van der Waals surface area contributed by atoms with Crippen molar-refractivity contribution in [1.29, 1.82) is 0 Å². The first-order valence-electron chi connectivity index (χ1n) is 9.38. The van der Waals surface area contributed by atoms with Crippen LogP contribution in [0.1, 0.15) is 36.5 Å². The molecule has 27 heavy (non-hydrogen) atoms. The molecule has 1 heterocycles. The molecule has 0 fully saturated rings. The van der Waals surface area contributed by atoms with Crippen LogP contribution in [0.25, 0.3) is 0 Å². The molecule has 1 aromatic rings. The van der Waals surface area contributed by atoms with Gasteiger partial charge in [-0.3, -0.25) is 4.79 Å². The van der Waals surface area contributed by atoms with Gasteiger partial charge in [-0.25, -0.2) is 4.99 Å². The van der Waals surface area contributed by atoms with Gasteiger partial charge in [-0.2, -0.15) is 0 Å². The summed E-state index contributed by atoms with van der Waals surface area (Å²) < 4.78 is 0. The van der Waals surface area contributed by atoms with Gasteiger partial charge in [-0.05, 0) is 30.2 Å². The van der Waals surface area contributed by atoms with Crippen LogP contribution in [-0.2, 0) is 0 Å². The molecule has 1 unspecified atom stereocenters. The van der Waals surface area contributed by atoms with E-state index in [9.17, 15) is 4.79 Å². The van der Waals surface area contributed by atoms with Crippen molar-refractivity contribution >= 4 is 17.4 Å². The Labute approximate surface area is 160 Å². The number of rotatable bonds is 7. The molecule has 1 aliphatic heterocycles. The maximum absolute atomic E-state index is 13.3. The number of hydrogen-bond donors (Lipinski definition) is 2. The second-order valence-corrected chi connectivity index (χ2v) is 6.70. The number of benzene rings is 1. The number of nitrogens with zero attached hydrogens (tertiary/aromatic N) is 2. The minimum absolute atomic E-state index is 0.0624. The summed E-state index contributed by atoms with van der Waals surface area (Å²) in [5.74, 6) is -0.132. The standard InChI is InChI=1S/C22H26N4O/c1-2-3-8-14-26-15-13-17(16-9-5-7-12-20(16)26)21(27)18-10-4-6-11-19(18)25-22(23)24/h4-7,9-13,15,20H,2-3,8,14H2,1H3,(H4,23,24,25). The number of ketones is 1. The summed E-state index contributed by atoms with van der Waals surface area (Å²) in [5.41, 5.74) is 13.7. The first kappa shape index (κ1) is 18.7. The molecular formula is C22H26N4O. The number of hydrogen-bond acceptors (Lipinski definition) is 3. The Balaban J connectivity index is 1.94. The molecule has 0 amide bonds. The van der Waals surface area contributed by atoms with Crippen LogP contribution < -0.4 is 11.5 Å². The Morgan fingerprint density at radius 1 is 1.15 bits per heavy atom. The fourth-order valence-corrected chi connectivity index (χ4v) is 3.44. The van der Waals surface area contributed by atoms with E-state index in [0.29, 0.717) is 16.8 Å². The molecule has 5 heteroatoms. The summed E-state index contributed by atoms with van der Waals surface area (Å²) in [5, 5.41) is 0. The van der Waals surface area contributed by atoms with Crippen molar-refractivity contribution in [3.05, 3.63) is 77.6 Å². The maximum atomic E-state index is 13.3. The minimum Gasteiger partial charge on any atom is -0.370 e. The zero-order valence-electron chi connectivity index (χ0n) is 15.6. The Morgan fingerprint density at radius 2 is 1.96 bits per heavy atom. The number of fused-ring (bicyclic) bond motifs is 1. The molecule has 1 atom stereocenters. The molecule has 0 bridgehead atoms. The Morgan fingerprint density at radius 3 is 2.74 bits per heavy atom. The summed E-state index contributed by atoms with van der Waals surface area (Å²) in [4.78, 5) is 19.7. The fourth-order valence-electron chi connectivity index (χ4n) is 3.44. The van der Waals surface area contributed by atoms with Gasteiger partial charge in [0.15, 0.2) is 11.7 Å². The number of allylic oxidation sites excluding steroid dienone is 4. The lowest BCUT2D eigenvalue weighted by Crippen LogP contribution is -2.35. The second kappa shape index (κ2) is 8.54. The van der Waals surface area contributed by atoms with Crippen LogP contribution in [0.3, 0.4) is 0 Å². The molecule has 5 nitrogen and oxygen atoms in total. The molecule has 2 aliphatic rings. The smallest absolute Gasteiger partial charge is 0.195 e. The van der Waals surface area contributed by atoms with Crippen molar-refractivity contribution in [2.75, 3.05) is 6.54 Å². The van der Waals surface area contributed by atoms with Crippen LogP contribution in [0.15, 0.2) is 77.0 Å². The number of guanidine groups is 1. The van der Waals surface area contributed by atoms with E-state index in [1.165, 1.54) is 12.8 Å². The molecule has 0 spiro atoms. The summed E-state index contributed by atoms with van der Waals surface area (Å²) in [6.07, 6.45) is 15.6. The van der Waals surface area contributed by atoms with Gasteiger partial charge < -0.3 is 16.4 Å². The number of aliphatic imine (C=N–C) groups is 1. The van der Waals surface area contributed by atoms with Crippen LogP contribution in [0.2, 0.25) is 0 Å². The predicted molar refractivity (Wildman–Crippen MR) is 111 cm³/mol. The van der Waals surface area contributed by atoms with Crippen molar-refractivity contribution in [3.63, 3.8) is 0 Å². The average Bonchev–Trinajstić information content (AvgIpc) is 2.68. The van der Waals surface area contributed by atoms with Gasteiger partial charge >= 0.3 is 0 Å². The van der Waals surface area contributed by atoms with E-state index in [2.05, 4.69) is 22.9 Å². The highest BCUT2D eigenvalue weighted by Crippen LogP contribution is 2.31. The molecule has 0 radical (unpaired) electrons. The quantitative estimate of drug-likeness (QED) is 0.336. The zero-order chi connectivity index (χ0) is 19.2. The lowest BCUT2D eigenvalue weighted by molar-refractivity contribution is 0.103. The normalized spacial score (nSPS) is 17.8. The van der Waals surface area contributed by atoms with Crippen LogP contribution in [0, 0.1) is 0 Å². The Hall–Kier alpha value is -3.08. The summed E-state index contributed by atoms with van der Waals surface area (Å²) in [7, 11) is 0. The van der Waals surface area contributed by atoms with Crippen molar-refractivity contribution < 1.29 is 4.79 Å².